The van der Waals surface area contributed by atoms with Gasteiger partial charge in [-0.3, -0.25) is 9.97 Å². The SMILES string of the molecule is O=S(=O)(c1cccc2cncc(Oc3cccnc3)c12)N1CCCNCC1. The molecule has 0 aliphatic carbocycles. The van der Waals surface area contributed by atoms with Crippen LogP contribution in [-0.4, -0.2) is 48.9 Å². The Hall–Kier alpha value is -2.55. The van der Waals surface area contributed by atoms with Gasteiger partial charge < -0.3 is 10.1 Å². The van der Waals surface area contributed by atoms with E-state index in [0.29, 0.717) is 41.9 Å². The van der Waals surface area contributed by atoms with Gasteiger partial charge in [-0.1, -0.05) is 12.1 Å². The van der Waals surface area contributed by atoms with Crippen LogP contribution in [0.1, 0.15) is 6.42 Å². The molecule has 2 aromatic heterocycles. The summed E-state index contributed by atoms with van der Waals surface area (Å²) in [6.45, 7) is 2.41. The molecule has 140 valence electrons. The average molecular weight is 384 g/mol. The molecule has 1 aromatic carbocycles. The molecule has 0 bridgehead atoms. The Labute approximate surface area is 158 Å². The molecule has 0 amide bonds. The molecule has 1 N–H and O–H groups in total. The van der Waals surface area contributed by atoms with Gasteiger partial charge in [-0.05, 0) is 31.2 Å². The van der Waals surface area contributed by atoms with Gasteiger partial charge in [0.1, 0.15) is 5.75 Å². The lowest BCUT2D eigenvalue weighted by molar-refractivity contribution is 0.432. The second-order valence-electron chi connectivity index (χ2n) is 6.29. The summed E-state index contributed by atoms with van der Waals surface area (Å²) in [6.07, 6.45) is 7.20. The highest BCUT2D eigenvalue weighted by molar-refractivity contribution is 7.89. The number of sulfonamides is 1. The number of nitrogens with one attached hydrogen (secondary N) is 1. The molecule has 3 aromatic rings. The zero-order valence-electron chi connectivity index (χ0n) is 14.7. The molecule has 4 rings (SSSR count). The van der Waals surface area contributed by atoms with Gasteiger partial charge in [0, 0.05) is 42.8 Å². The van der Waals surface area contributed by atoms with Gasteiger partial charge >= 0.3 is 0 Å². The van der Waals surface area contributed by atoms with E-state index in [0.717, 1.165) is 13.0 Å². The van der Waals surface area contributed by atoms with Gasteiger partial charge in [0.15, 0.2) is 5.75 Å². The fourth-order valence-corrected chi connectivity index (χ4v) is 4.90. The van der Waals surface area contributed by atoms with Crippen molar-refractivity contribution in [3.05, 3.63) is 55.1 Å². The van der Waals surface area contributed by atoms with Gasteiger partial charge in [0.2, 0.25) is 10.0 Å². The van der Waals surface area contributed by atoms with Crippen molar-refractivity contribution in [2.75, 3.05) is 26.2 Å². The highest BCUT2D eigenvalue weighted by Gasteiger charge is 2.28. The summed E-state index contributed by atoms with van der Waals surface area (Å²) in [7, 11) is -3.66. The van der Waals surface area contributed by atoms with Crippen LogP contribution in [0.3, 0.4) is 0 Å². The molecule has 1 aliphatic rings. The van der Waals surface area contributed by atoms with Crippen molar-refractivity contribution in [1.82, 2.24) is 19.6 Å². The summed E-state index contributed by atoms with van der Waals surface area (Å²) < 4.78 is 34.2. The van der Waals surface area contributed by atoms with Crippen LogP contribution in [0, 0.1) is 0 Å². The van der Waals surface area contributed by atoms with Crippen molar-refractivity contribution in [3.8, 4) is 11.5 Å². The minimum Gasteiger partial charge on any atom is -0.453 e. The van der Waals surface area contributed by atoms with Crippen LogP contribution in [0.25, 0.3) is 10.8 Å². The van der Waals surface area contributed by atoms with E-state index >= 15 is 0 Å². The standard InChI is InChI=1S/C19H20N4O3S/c24-27(25,23-10-3-8-20-9-11-23)18-6-1-4-15-12-22-14-17(19(15)18)26-16-5-2-7-21-13-16/h1-2,4-7,12-14,20H,3,8-11H2. The third-order valence-electron chi connectivity index (χ3n) is 4.49. The molecular formula is C19H20N4O3S. The summed E-state index contributed by atoms with van der Waals surface area (Å²) in [4.78, 5) is 8.47. The maximum absolute atomic E-state index is 13.4. The van der Waals surface area contributed by atoms with E-state index in [-0.39, 0.29) is 4.90 Å². The number of fused-ring (bicyclic) bond motifs is 1. The number of rotatable bonds is 4. The molecular weight excluding hydrogens is 364 g/mol. The Balaban J connectivity index is 1.83. The molecule has 1 saturated heterocycles. The Bertz CT molecular complexity index is 1030. The highest BCUT2D eigenvalue weighted by atomic mass is 32.2. The summed E-state index contributed by atoms with van der Waals surface area (Å²) in [5.41, 5.74) is 0. The molecule has 8 heteroatoms. The van der Waals surface area contributed by atoms with Crippen molar-refractivity contribution in [2.24, 2.45) is 0 Å². The van der Waals surface area contributed by atoms with Crippen LogP contribution in [0.15, 0.2) is 60.0 Å². The van der Waals surface area contributed by atoms with Crippen molar-refractivity contribution in [2.45, 2.75) is 11.3 Å². The Kier molecular flexibility index (Phi) is 5.02. The number of nitrogens with zero attached hydrogens (tertiary/aromatic N) is 3. The smallest absolute Gasteiger partial charge is 0.243 e. The predicted molar refractivity (Wildman–Crippen MR) is 102 cm³/mol. The number of hydrogen-bond acceptors (Lipinski definition) is 6. The van der Waals surface area contributed by atoms with E-state index in [1.807, 2.05) is 6.07 Å². The van der Waals surface area contributed by atoms with Crippen LogP contribution >= 0.6 is 0 Å². The lowest BCUT2D eigenvalue weighted by Gasteiger charge is -2.21. The quantitative estimate of drug-likeness (QED) is 0.744. The average Bonchev–Trinajstić information content (AvgIpc) is 2.99. The van der Waals surface area contributed by atoms with Gasteiger partial charge in [0.25, 0.3) is 0 Å². The van der Waals surface area contributed by atoms with Crippen molar-refractivity contribution < 1.29 is 13.2 Å². The molecule has 0 radical (unpaired) electrons. The fourth-order valence-electron chi connectivity index (χ4n) is 3.20. The van der Waals surface area contributed by atoms with Crippen LogP contribution in [0.2, 0.25) is 0 Å². The number of aromatic nitrogens is 2. The summed E-state index contributed by atoms with van der Waals surface area (Å²) in [6, 6.07) is 8.73. The summed E-state index contributed by atoms with van der Waals surface area (Å²) in [5.74, 6) is 0.922. The van der Waals surface area contributed by atoms with Crippen molar-refractivity contribution in [1.29, 1.82) is 0 Å². The van der Waals surface area contributed by atoms with Crippen LogP contribution < -0.4 is 10.1 Å². The third kappa shape index (κ3) is 3.64. The van der Waals surface area contributed by atoms with Gasteiger partial charge in [0.05, 0.1) is 17.3 Å². The van der Waals surface area contributed by atoms with Crippen LogP contribution in [-0.2, 0) is 10.0 Å². The van der Waals surface area contributed by atoms with Gasteiger partial charge in [-0.2, -0.15) is 4.31 Å². The third-order valence-corrected chi connectivity index (χ3v) is 6.43. The summed E-state index contributed by atoms with van der Waals surface area (Å²) >= 11 is 0. The molecule has 0 spiro atoms. The molecule has 0 atom stereocenters. The first kappa shape index (κ1) is 17.8. The lowest BCUT2D eigenvalue weighted by atomic mass is 10.1. The van der Waals surface area contributed by atoms with E-state index in [9.17, 15) is 8.42 Å². The minimum atomic E-state index is -3.66. The Morgan fingerprint density at radius 3 is 2.78 bits per heavy atom. The second-order valence-corrected chi connectivity index (χ2v) is 8.20. The Morgan fingerprint density at radius 2 is 1.93 bits per heavy atom. The molecule has 0 saturated carbocycles. The number of hydrogen-bond donors (Lipinski definition) is 1. The van der Waals surface area contributed by atoms with E-state index in [4.69, 9.17) is 4.74 Å². The monoisotopic (exact) mass is 384 g/mol. The second kappa shape index (κ2) is 7.59. The number of ether oxygens (including phenoxy) is 1. The topological polar surface area (TPSA) is 84.4 Å². The normalized spacial score (nSPS) is 16.1. The van der Waals surface area contributed by atoms with Crippen LogP contribution in [0.4, 0.5) is 0 Å². The molecule has 1 aliphatic heterocycles. The molecule has 0 unspecified atom stereocenters. The first-order valence-corrected chi connectivity index (χ1v) is 10.3. The predicted octanol–water partition coefficient (Wildman–Crippen LogP) is 2.41. The molecule has 27 heavy (non-hydrogen) atoms. The zero-order valence-corrected chi connectivity index (χ0v) is 15.5. The fraction of sp³-hybridized carbons (Fsp3) is 0.263. The lowest BCUT2D eigenvalue weighted by Crippen LogP contribution is -2.34. The number of benzene rings is 1. The highest BCUT2D eigenvalue weighted by Crippen LogP contribution is 2.34. The molecule has 1 fully saturated rings. The first-order valence-electron chi connectivity index (χ1n) is 8.82. The summed E-state index contributed by atoms with van der Waals surface area (Å²) in [5, 5.41) is 4.48. The van der Waals surface area contributed by atoms with E-state index in [2.05, 4.69) is 15.3 Å². The maximum Gasteiger partial charge on any atom is 0.243 e. The Morgan fingerprint density at radius 1 is 1.00 bits per heavy atom. The van der Waals surface area contributed by atoms with Crippen LogP contribution in [0.5, 0.6) is 11.5 Å². The largest absolute Gasteiger partial charge is 0.453 e. The van der Waals surface area contributed by atoms with Crippen molar-refractivity contribution in [3.63, 3.8) is 0 Å². The molecule has 7 nitrogen and oxygen atoms in total. The zero-order chi connectivity index (χ0) is 18.7. The van der Waals surface area contributed by atoms with E-state index < -0.39 is 10.0 Å². The maximum atomic E-state index is 13.4. The number of pyridine rings is 2. The van der Waals surface area contributed by atoms with Gasteiger partial charge in [-0.25, -0.2) is 8.42 Å². The van der Waals surface area contributed by atoms with Gasteiger partial charge in [-0.15, -0.1) is 0 Å². The minimum absolute atomic E-state index is 0.239. The van der Waals surface area contributed by atoms with Crippen molar-refractivity contribution >= 4 is 20.8 Å². The first-order chi connectivity index (χ1) is 13.2. The van der Waals surface area contributed by atoms with E-state index in [1.54, 1.807) is 49.1 Å². The van der Waals surface area contributed by atoms with E-state index in [1.165, 1.54) is 4.31 Å². The molecule has 3 heterocycles.